The van der Waals surface area contributed by atoms with Gasteiger partial charge in [0.1, 0.15) is 24.0 Å². The van der Waals surface area contributed by atoms with Crippen LogP contribution in [0.2, 0.25) is 5.15 Å². The van der Waals surface area contributed by atoms with Crippen molar-refractivity contribution in [2.75, 3.05) is 16.8 Å². The standard InChI is InChI=1S/C15H22ClFN4O3S/c1-4-5-25-14-20-12(16)7(18)13(21-14)19-8-6(17)9(22)11-10(8)23-15(2,3)24-11/h6,8-11,22H,4-5,18H2,1-3H3,(H,19,20,21)/t6-,8+,9-,10-,11+/m0/s1. The molecule has 3 rings (SSSR count). The van der Waals surface area contributed by atoms with Crippen LogP contribution >= 0.6 is 23.4 Å². The lowest BCUT2D eigenvalue weighted by molar-refractivity contribution is -0.169. The van der Waals surface area contributed by atoms with Gasteiger partial charge in [-0.2, -0.15) is 0 Å². The number of halogens is 2. The molecule has 1 aromatic heterocycles. The van der Waals surface area contributed by atoms with Gasteiger partial charge in [-0.25, -0.2) is 14.4 Å². The van der Waals surface area contributed by atoms with Crippen LogP contribution in [0, 0.1) is 0 Å². The van der Waals surface area contributed by atoms with E-state index in [9.17, 15) is 9.50 Å². The van der Waals surface area contributed by atoms with Crippen LogP contribution < -0.4 is 11.1 Å². The molecule has 1 aliphatic heterocycles. The lowest BCUT2D eigenvalue weighted by atomic mass is 10.2. The number of aromatic nitrogens is 2. The average molecular weight is 393 g/mol. The summed E-state index contributed by atoms with van der Waals surface area (Å²) in [6.07, 6.45) is -3.36. The maximum absolute atomic E-state index is 14.6. The van der Waals surface area contributed by atoms with E-state index in [0.717, 1.165) is 12.2 Å². The second-order valence-electron chi connectivity index (χ2n) is 6.58. The number of nitrogen functional groups attached to an aromatic ring is 1. The summed E-state index contributed by atoms with van der Waals surface area (Å²) in [7, 11) is 0. The number of anilines is 2. The summed E-state index contributed by atoms with van der Waals surface area (Å²) >= 11 is 7.51. The molecule has 10 heteroatoms. The second kappa shape index (κ2) is 7.03. The lowest BCUT2D eigenvalue weighted by Crippen LogP contribution is -2.40. The van der Waals surface area contributed by atoms with Gasteiger partial charge in [-0.05, 0) is 20.3 Å². The van der Waals surface area contributed by atoms with Crippen LogP contribution in [0.25, 0.3) is 0 Å². The van der Waals surface area contributed by atoms with E-state index in [4.69, 9.17) is 26.8 Å². The first kappa shape index (κ1) is 18.9. The summed E-state index contributed by atoms with van der Waals surface area (Å²) in [5, 5.41) is 13.6. The number of fused-ring (bicyclic) bond motifs is 1. The van der Waals surface area contributed by atoms with Gasteiger partial charge in [0.15, 0.2) is 28.1 Å². The highest BCUT2D eigenvalue weighted by atomic mass is 35.5. The molecule has 4 N–H and O–H groups in total. The zero-order valence-corrected chi connectivity index (χ0v) is 15.8. The van der Waals surface area contributed by atoms with Crippen molar-refractivity contribution < 1.29 is 19.0 Å². The molecule has 1 aliphatic carbocycles. The predicted molar refractivity (Wildman–Crippen MR) is 94.6 cm³/mol. The molecule has 1 aromatic rings. The van der Waals surface area contributed by atoms with Gasteiger partial charge < -0.3 is 25.6 Å². The molecule has 7 nitrogen and oxygen atoms in total. The number of rotatable bonds is 5. The Bertz CT molecular complexity index is 653. The van der Waals surface area contributed by atoms with Crippen LogP contribution in [-0.2, 0) is 9.47 Å². The zero-order chi connectivity index (χ0) is 18.4. The first-order chi connectivity index (χ1) is 11.7. The van der Waals surface area contributed by atoms with Gasteiger partial charge in [0, 0.05) is 5.75 Å². The Labute approximate surface area is 154 Å². The van der Waals surface area contributed by atoms with Crippen LogP contribution in [0.15, 0.2) is 5.16 Å². The summed E-state index contributed by atoms with van der Waals surface area (Å²) in [4.78, 5) is 8.45. The Morgan fingerprint density at radius 1 is 1.36 bits per heavy atom. The molecule has 0 radical (unpaired) electrons. The van der Waals surface area contributed by atoms with Gasteiger partial charge in [-0.3, -0.25) is 0 Å². The van der Waals surface area contributed by atoms with Crippen molar-refractivity contribution in [2.24, 2.45) is 0 Å². The molecule has 0 amide bonds. The number of nitrogens with one attached hydrogen (secondary N) is 1. The molecular formula is C15H22ClFN4O3S. The minimum atomic E-state index is -1.59. The number of ether oxygens (including phenoxy) is 2. The van der Waals surface area contributed by atoms with Gasteiger partial charge in [-0.15, -0.1) is 0 Å². The van der Waals surface area contributed by atoms with E-state index >= 15 is 0 Å². The Hall–Kier alpha value is -0.870. The quantitative estimate of drug-likeness (QED) is 0.398. The maximum atomic E-state index is 14.6. The Morgan fingerprint density at radius 2 is 2.04 bits per heavy atom. The van der Waals surface area contributed by atoms with Crippen LogP contribution in [0.3, 0.4) is 0 Å². The van der Waals surface area contributed by atoms with Crippen molar-refractivity contribution in [3.8, 4) is 0 Å². The molecule has 0 aromatic carbocycles. The van der Waals surface area contributed by atoms with Gasteiger partial charge in [-0.1, -0.05) is 30.3 Å². The smallest absolute Gasteiger partial charge is 0.191 e. The minimum Gasteiger partial charge on any atom is -0.393 e. The van der Waals surface area contributed by atoms with E-state index < -0.39 is 36.3 Å². The molecule has 2 fully saturated rings. The molecule has 140 valence electrons. The van der Waals surface area contributed by atoms with Gasteiger partial charge in [0.25, 0.3) is 0 Å². The molecule has 0 spiro atoms. The Kier molecular flexibility index (Phi) is 5.32. The molecule has 0 bridgehead atoms. The second-order valence-corrected chi connectivity index (χ2v) is 8.00. The van der Waals surface area contributed by atoms with Crippen molar-refractivity contribution in [1.82, 2.24) is 9.97 Å². The summed E-state index contributed by atoms with van der Waals surface area (Å²) in [5.41, 5.74) is 6.07. The number of thioether (sulfide) groups is 1. The highest BCUT2D eigenvalue weighted by molar-refractivity contribution is 7.99. The van der Waals surface area contributed by atoms with E-state index in [1.54, 1.807) is 13.8 Å². The first-order valence-electron chi connectivity index (χ1n) is 8.13. The highest BCUT2D eigenvalue weighted by Gasteiger charge is 2.59. The van der Waals surface area contributed by atoms with Crippen LogP contribution in [0.1, 0.15) is 27.2 Å². The fourth-order valence-corrected chi connectivity index (χ4v) is 3.96. The van der Waals surface area contributed by atoms with E-state index in [1.807, 2.05) is 6.92 Å². The third-order valence-corrected chi connectivity index (χ3v) is 5.48. The summed E-state index contributed by atoms with van der Waals surface area (Å²) < 4.78 is 25.9. The predicted octanol–water partition coefficient (Wildman–Crippen LogP) is 2.23. The Morgan fingerprint density at radius 3 is 2.72 bits per heavy atom. The maximum Gasteiger partial charge on any atom is 0.191 e. The minimum absolute atomic E-state index is 0.102. The van der Waals surface area contributed by atoms with Crippen molar-refractivity contribution in [2.45, 2.75) is 68.7 Å². The number of alkyl halides is 1. The molecule has 5 atom stereocenters. The largest absolute Gasteiger partial charge is 0.393 e. The van der Waals surface area contributed by atoms with Gasteiger partial charge in [0.2, 0.25) is 0 Å². The summed E-state index contributed by atoms with van der Waals surface area (Å²) in [6, 6.07) is -0.862. The lowest BCUT2D eigenvalue weighted by Gasteiger charge is -2.25. The number of nitrogens with zero attached hydrogens (tertiary/aromatic N) is 2. The van der Waals surface area contributed by atoms with Crippen LogP contribution in [0.4, 0.5) is 15.9 Å². The van der Waals surface area contributed by atoms with E-state index in [1.165, 1.54) is 11.8 Å². The van der Waals surface area contributed by atoms with Crippen LogP contribution in [-0.4, -0.2) is 57.1 Å². The third-order valence-electron chi connectivity index (χ3n) is 4.14. The molecule has 25 heavy (non-hydrogen) atoms. The van der Waals surface area contributed by atoms with Crippen molar-refractivity contribution in [3.05, 3.63) is 5.15 Å². The number of hydrogen-bond acceptors (Lipinski definition) is 8. The fourth-order valence-electron chi connectivity index (χ4n) is 3.04. The highest BCUT2D eigenvalue weighted by Crippen LogP contribution is 2.41. The van der Waals surface area contributed by atoms with Gasteiger partial charge >= 0.3 is 0 Å². The van der Waals surface area contributed by atoms with E-state index in [0.29, 0.717) is 5.16 Å². The van der Waals surface area contributed by atoms with Crippen molar-refractivity contribution in [1.29, 1.82) is 0 Å². The van der Waals surface area contributed by atoms with Crippen molar-refractivity contribution >= 4 is 34.9 Å². The fraction of sp³-hybridized carbons (Fsp3) is 0.733. The monoisotopic (exact) mass is 392 g/mol. The molecule has 1 saturated carbocycles. The molecule has 2 heterocycles. The zero-order valence-electron chi connectivity index (χ0n) is 14.2. The molecule has 0 unspecified atom stereocenters. The SMILES string of the molecule is CCCSc1nc(Cl)c(N)c(N[C@@H]2[C@H](F)[C@H](O)[C@H]3OC(C)(C)O[C@@H]23)n1. The first-order valence-corrected chi connectivity index (χ1v) is 9.50. The topological polar surface area (TPSA) is 103 Å². The van der Waals surface area contributed by atoms with E-state index in [2.05, 4.69) is 15.3 Å². The van der Waals surface area contributed by atoms with E-state index in [-0.39, 0.29) is 16.7 Å². The van der Waals surface area contributed by atoms with Crippen LogP contribution in [0.5, 0.6) is 0 Å². The number of hydrogen-bond donors (Lipinski definition) is 3. The Balaban J connectivity index is 1.85. The number of nitrogens with two attached hydrogens (primary N) is 1. The number of aliphatic hydroxyl groups is 1. The summed E-state index contributed by atoms with van der Waals surface area (Å²) in [6.45, 7) is 5.48. The average Bonchev–Trinajstić information content (AvgIpc) is 2.97. The normalized spacial score (nSPS) is 33.4. The van der Waals surface area contributed by atoms with Gasteiger partial charge in [0.05, 0.1) is 6.04 Å². The molecular weight excluding hydrogens is 371 g/mol. The van der Waals surface area contributed by atoms with Crippen molar-refractivity contribution in [3.63, 3.8) is 0 Å². The third kappa shape index (κ3) is 3.66. The summed E-state index contributed by atoms with van der Waals surface area (Å²) in [5.74, 6) is 0.156. The molecule has 1 saturated heterocycles. The molecule has 2 aliphatic rings. The number of aliphatic hydroxyl groups excluding tert-OH is 1.